The zero-order valence-electron chi connectivity index (χ0n) is 14.7. The van der Waals surface area contributed by atoms with Crippen molar-refractivity contribution in [2.45, 2.75) is 32.3 Å². The third kappa shape index (κ3) is 5.96. The van der Waals surface area contributed by atoms with Crippen molar-refractivity contribution in [1.82, 2.24) is 5.32 Å². The van der Waals surface area contributed by atoms with Crippen LogP contribution in [0.5, 0.6) is 5.75 Å². The summed E-state index contributed by atoms with van der Waals surface area (Å²) < 4.78 is 18.6. The molecule has 2 amide bonds. The van der Waals surface area contributed by atoms with Gasteiger partial charge in [-0.3, -0.25) is 14.9 Å². The Kier molecular flexibility index (Phi) is 6.65. The van der Waals surface area contributed by atoms with Crippen molar-refractivity contribution < 1.29 is 18.7 Å². The Morgan fingerprint density at radius 2 is 1.67 bits per heavy atom. The van der Waals surface area contributed by atoms with Gasteiger partial charge in [0, 0.05) is 0 Å². The van der Waals surface area contributed by atoms with Crippen LogP contribution in [0.4, 0.5) is 9.18 Å². The Hall–Kier alpha value is -2.60. The Morgan fingerprint density at radius 3 is 2.33 bits per heavy atom. The van der Waals surface area contributed by atoms with Gasteiger partial charge in [0.2, 0.25) is 0 Å². The summed E-state index contributed by atoms with van der Waals surface area (Å²) in [6.07, 6.45) is 5.51. The molecule has 0 spiro atoms. The molecule has 140 valence electrons. The van der Waals surface area contributed by atoms with E-state index in [2.05, 4.69) is 5.32 Å². The highest BCUT2D eigenvalue weighted by Gasteiger charge is 2.24. The van der Waals surface area contributed by atoms with Crippen LogP contribution in [-0.2, 0) is 17.8 Å². The highest BCUT2D eigenvalue weighted by atomic mass is 32.2. The van der Waals surface area contributed by atoms with Crippen molar-refractivity contribution in [3.8, 4) is 5.75 Å². The highest BCUT2D eigenvalue weighted by molar-refractivity contribution is 8.18. The molecule has 1 N–H and O–H groups in total. The van der Waals surface area contributed by atoms with Gasteiger partial charge in [0.15, 0.2) is 0 Å². The summed E-state index contributed by atoms with van der Waals surface area (Å²) in [6.45, 7) is 0.405. The van der Waals surface area contributed by atoms with Gasteiger partial charge in [-0.25, -0.2) is 4.39 Å². The van der Waals surface area contributed by atoms with E-state index < -0.39 is 0 Å². The third-order valence-electron chi connectivity index (χ3n) is 4.13. The number of thioether (sulfide) groups is 1. The molecule has 1 heterocycles. The Bertz CT molecular complexity index is 832. The number of halogens is 1. The maximum absolute atomic E-state index is 12.9. The van der Waals surface area contributed by atoms with E-state index in [4.69, 9.17) is 4.74 Å². The fraction of sp³-hybridized carbons (Fsp3) is 0.238. The van der Waals surface area contributed by atoms with Crippen molar-refractivity contribution in [3.05, 3.63) is 76.5 Å². The lowest BCUT2D eigenvalue weighted by molar-refractivity contribution is -0.115. The number of carbonyl (C=O) groups is 2. The van der Waals surface area contributed by atoms with Crippen LogP contribution in [0.1, 0.15) is 30.4 Å². The Morgan fingerprint density at radius 1 is 0.963 bits per heavy atom. The van der Waals surface area contributed by atoms with E-state index in [1.165, 1.54) is 17.7 Å². The topological polar surface area (TPSA) is 55.4 Å². The number of carbonyl (C=O) groups excluding carboxylic acids is 2. The van der Waals surface area contributed by atoms with E-state index >= 15 is 0 Å². The molecule has 0 saturated carbocycles. The lowest BCUT2D eigenvalue weighted by Crippen LogP contribution is -2.17. The zero-order valence-corrected chi connectivity index (χ0v) is 15.6. The molecule has 0 aliphatic carbocycles. The first-order valence-corrected chi connectivity index (χ1v) is 9.61. The van der Waals surface area contributed by atoms with Gasteiger partial charge in [-0.15, -0.1) is 0 Å². The van der Waals surface area contributed by atoms with Gasteiger partial charge in [0.1, 0.15) is 18.2 Å². The maximum atomic E-state index is 12.9. The van der Waals surface area contributed by atoms with Crippen LogP contribution in [0.25, 0.3) is 0 Å². The lowest BCUT2D eigenvalue weighted by Gasteiger charge is -2.07. The Labute approximate surface area is 161 Å². The predicted molar refractivity (Wildman–Crippen MR) is 104 cm³/mol. The van der Waals surface area contributed by atoms with Gasteiger partial charge >= 0.3 is 0 Å². The standard InChI is InChI=1S/C21H20FNO3S/c22-17-10-6-16(7-11-17)14-26-18-12-8-15(9-13-18)4-2-1-3-5-19-20(24)23-21(25)27-19/h5-13H,1-4,14H2,(H,23,24,25). The number of ether oxygens (including phenoxy) is 1. The van der Waals surface area contributed by atoms with E-state index in [0.29, 0.717) is 11.5 Å². The predicted octanol–water partition coefficient (Wildman–Crippen LogP) is 4.98. The minimum atomic E-state index is -0.298. The smallest absolute Gasteiger partial charge is 0.290 e. The SMILES string of the molecule is O=C1NC(=O)C(=CCCCCc2ccc(OCc3ccc(F)cc3)cc2)S1. The third-order valence-corrected chi connectivity index (χ3v) is 4.99. The summed E-state index contributed by atoms with van der Waals surface area (Å²) in [4.78, 5) is 23.0. The molecule has 0 bridgehead atoms. The first kappa shape index (κ1) is 19.2. The molecule has 6 heteroatoms. The molecular formula is C21H20FNO3S. The molecule has 0 atom stereocenters. The van der Waals surface area contributed by atoms with Crippen LogP contribution in [0, 0.1) is 5.82 Å². The van der Waals surface area contributed by atoms with E-state index in [0.717, 1.165) is 48.8 Å². The number of hydrogen-bond acceptors (Lipinski definition) is 4. The molecule has 2 aromatic carbocycles. The molecule has 1 fully saturated rings. The molecular weight excluding hydrogens is 365 g/mol. The number of unbranched alkanes of at least 4 members (excludes halogenated alkanes) is 2. The molecule has 1 aliphatic rings. The van der Waals surface area contributed by atoms with Crippen LogP contribution in [-0.4, -0.2) is 11.1 Å². The Balaban J connectivity index is 1.37. The van der Waals surface area contributed by atoms with E-state index in [1.807, 2.05) is 30.3 Å². The molecule has 1 aliphatic heterocycles. The summed E-state index contributed by atoms with van der Waals surface area (Å²) >= 11 is 0.962. The largest absolute Gasteiger partial charge is 0.489 e. The minimum absolute atomic E-state index is 0.252. The van der Waals surface area contributed by atoms with Crippen LogP contribution in [0.3, 0.4) is 0 Å². The van der Waals surface area contributed by atoms with E-state index in [1.54, 1.807) is 12.1 Å². The van der Waals surface area contributed by atoms with Gasteiger partial charge in [0.05, 0.1) is 4.91 Å². The summed E-state index contributed by atoms with van der Waals surface area (Å²) in [5.41, 5.74) is 2.14. The fourth-order valence-corrected chi connectivity index (χ4v) is 3.36. The van der Waals surface area contributed by atoms with E-state index in [-0.39, 0.29) is 17.0 Å². The summed E-state index contributed by atoms with van der Waals surface area (Å²) in [6, 6.07) is 14.2. The highest BCUT2D eigenvalue weighted by Crippen LogP contribution is 2.24. The normalized spacial score (nSPS) is 15.2. The molecule has 1 saturated heterocycles. The molecule has 0 unspecified atom stereocenters. The van der Waals surface area contributed by atoms with Crippen molar-refractivity contribution in [2.24, 2.45) is 0 Å². The average molecular weight is 385 g/mol. The van der Waals surface area contributed by atoms with Crippen molar-refractivity contribution in [1.29, 1.82) is 0 Å². The van der Waals surface area contributed by atoms with Gasteiger partial charge in [0.25, 0.3) is 11.1 Å². The second-order valence-electron chi connectivity index (χ2n) is 6.22. The van der Waals surface area contributed by atoms with Crippen molar-refractivity contribution in [2.75, 3.05) is 0 Å². The van der Waals surface area contributed by atoms with Gasteiger partial charge in [-0.05, 0) is 72.8 Å². The summed E-state index contributed by atoms with van der Waals surface area (Å²) in [7, 11) is 0. The lowest BCUT2D eigenvalue weighted by atomic mass is 10.1. The van der Waals surface area contributed by atoms with Crippen LogP contribution in [0.2, 0.25) is 0 Å². The maximum Gasteiger partial charge on any atom is 0.290 e. The number of benzene rings is 2. The second-order valence-corrected chi connectivity index (χ2v) is 7.23. The number of imide groups is 1. The van der Waals surface area contributed by atoms with Crippen molar-refractivity contribution in [3.63, 3.8) is 0 Å². The van der Waals surface area contributed by atoms with Crippen LogP contribution < -0.4 is 10.1 Å². The summed E-state index contributed by atoms with van der Waals surface area (Å²) in [5.74, 6) is 0.237. The molecule has 0 radical (unpaired) electrons. The zero-order chi connectivity index (χ0) is 19.1. The van der Waals surface area contributed by atoms with Crippen molar-refractivity contribution >= 4 is 22.9 Å². The van der Waals surface area contributed by atoms with Gasteiger partial charge < -0.3 is 4.74 Å². The first-order valence-electron chi connectivity index (χ1n) is 8.80. The second kappa shape index (κ2) is 9.37. The quantitative estimate of drug-likeness (QED) is 0.514. The van der Waals surface area contributed by atoms with Crippen LogP contribution in [0.15, 0.2) is 59.5 Å². The number of nitrogens with one attached hydrogen (secondary N) is 1. The number of amides is 2. The first-order chi connectivity index (χ1) is 13.1. The fourth-order valence-electron chi connectivity index (χ4n) is 2.67. The molecule has 4 nitrogen and oxygen atoms in total. The molecule has 27 heavy (non-hydrogen) atoms. The molecule has 3 rings (SSSR count). The number of allylic oxidation sites excluding steroid dienone is 1. The van der Waals surface area contributed by atoms with E-state index in [9.17, 15) is 14.0 Å². The van der Waals surface area contributed by atoms with Crippen LogP contribution >= 0.6 is 11.8 Å². The summed E-state index contributed by atoms with van der Waals surface area (Å²) in [5, 5.41) is 1.95. The minimum Gasteiger partial charge on any atom is -0.489 e. The van der Waals surface area contributed by atoms with Gasteiger partial charge in [-0.1, -0.05) is 30.3 Å². The monoisotopic (exact) mass is 385 g/mol. The number of rotatable bonds is 8. The van der Waals surface area contributed by atoms with Gasteiger partial charge in [-0.2, -0.15) is 0 Å². The number of hydrogen-bond donors (Lipinski definition) is 1. The number of aryl methyl sites for hydroxylation is 1. The molecule has 2 aromatic rings. The average Bonchev–Trinajstić information content (AvgIpc) is 2.99. The molecule has 0 aromatic heterocycles.